The van der Waals surface area contributed by atoms with Crippen LogP contribution in [0.4, 0.5) is 17.1 Å². The Morgan fingerprint density at radius 1 is 0.317 bits per heavy atom. The average Bonchev–Trinajstić information content (AvgIpc) is 3.91. The lowest BCUT2D eigenvalue weighted by atomic mass is 9.93. The van der Waals surface area contributed by atoms with Gasteiger partial charge in [0, 0.05) is 55.1 Å². The van der Waals surface area contributed by atoms with Gasteiger partial charge in [0.1, 0.15) is 11.2 Å². The summed E-state index contributed by atoms with van der Waals surface area (Å²) in [5, 5.41) is 12.4. The number of benzene rings is 11. The Morgan fingerprint density at radius 2 is 0.857 bits per heavy atom. The highest BCUT2D eigenvalue weighted by Gasteiger charge is 2.21. The third kappa shape index (κ3) is 5.60. The minimum atomic E-state index is 0.904. The summed E-state index contributed by atoms with van der Waals surface area (Å²) in [4.78, 5) is 2.36. The second-order valence-corrected chi connectivity index (χ2v) is 16.5. The molecule has 0 aliphatic heterocycles. The predicted octanol–water partition coefficient (Wildman–Crippen LogP) is 16.9. The third-order valence-corrected chi connectivity index (χ3v) is 13.0. The molecule has 0 aliphatic carbocycles. The van der Waals surface area contributed by atoms with Crippen molar-refractivity contribution in [1.29, 1.82) is 0 Å². The van der Waals surface area contributed by atoms with Crippen LogP contribution in [0.1, 0.15) is 0 Å². The molecule has 2 aromatic heterocycles. The molecule has 0 aliphatic rings. The third-order valence-electron chi connectivity index (χ3n) is 13.0. The number of aromatic nitrogens is 1. The number of para-hydroxylation sites is 2. The van der Waals surface area contributed by atoms with E-state index in [0.29, 0.717) is 0 Å². The molecule has 11 aromatic carbocycles. The van der Waals surface area contributed by atoms with Gasteiger partial charge in [0.2, 0.25) is 0 Å². The molecule has 0 unspecified atom stereocenters. The molecule has 0 N–H and O–H groups in total. The van der Waals surface area contributed by atoms with Gasteiger partial charge < -0.3 is 13.9 Å². The smallest absolute Gasteiger partial charge is 0.135 e. The highest BCUT2D eigenvalue weighted by Crippen LogP contribution is 2.45. The van der Waals surface area contributed by atoms with Crippen LogP contribution in [0.2, 0.25) is 0 Å². The first kappa shape index (κ1) is 35.4. The molecule has 0 saturated heterocycles. The number of rotatable bonds is 6. The second-order valence-electron chi connectivity index (χ2n) is 16.5. The monoisotopic (exact) mass is 802 g/mol. The van der Waals surface area contributed by atoms with E-state index in [1.807, 2.05) is 12.1 Å². The van der Waals surface area contributed by atoms with E-state index in [1.165, 1.54) is 65.3 Å². The zero-order valence-corrected chi connectivity index (χ0v) is 34.2. The maximum Gasteiger partial charge on any atom is 0.135 e. The molecule has 0 fully saturated rings. The fourth-order valence-electron chi connectivity index (χ4n) is 10.0. The summed E-state index contributed by atoms with van der Waals surface area (Å²) in [6.07, 6.45) is 0. The largest absolute Gasteiger partial charge is 0.456 e. The summed E-state index contributed by atoms with van der Waals surface area (Å²) < 4.78 is 8.62. The molecule has 294 valence electrons. The van der Waals surface area contributed by atoms with Crippen LogP contribution >= 0.6 is 0 Å². The Labute approximate surface area is 363 Å². The zero-order chi connectivity index (χ0) is 41.4. The minimum absolute atomic E-state index is 0.904. The summed E-state index contributed by atoms with van der Waals surface area (Å²) in [5.74, 6) is 0. The van der Waals surface area contributed by atoms with Crippen molar-refractivity contribution in [2.24, 2.45) is 0 Å². The molecule has 2 heterocycles. The van der Waals surface area contributed by atoms with Crippen molar-refractivity contribution in [1.82, 2.24) is 4.57 Å². The van der Waals surface area contributed by atoms with Crippen molar-refractivity contribution < 1.29 is 4.42 Å². The zero-order valence-electron chi connectivity index (χ0n) is 34.2. The lowest BCUT2D eigenvalue weighted by Gasteiger charge is -2.26. The second kappa shape index (κ2) is 14.1. The molecular weight excluding hydrogens is 765 g/mol. The van der Waals surface area contributed by atoms with Gasteiger partial charge >= 0.3 is 0 Å². The van der Waals surface area contributed by atoms with Crippen molar-refractivity contribution in [2.45, 2.75) is 0 Å². The minimum Gasteiger partial charge on any atom is -0.456 e. The van der Waals surface area contributed by atoms with Gasteiger partial charge in [-0.3, -0.25) is 0 Å². The first-order valence-electron chi connectivity index (χ1n) is 21.6. The standard InChI is InChI=1S/C60H38N2O/c1-2-12-39(13-3-1)40-22-28-44(29-23-40)61(45-30-24-41(25-31-45)43-27-37-57-54(38-43)50-17-9-11-21-56(50)63-57)46-32-34-47(35-33-46)62-55-20-10-8-19-53(55)59-58-48-15-5-4-14-42(48)26-36-51(58)49-16-6-7-18-52(49)60(59)62/h1-38H. The van der Waals surface area contributed by atoms with Crippen molar-refractivity contribution in [2.75, 3.05) is 4.90 Å². The van der Waals surface area contributed by atoms with E-state index in [0.717, 1.165) is 55.8 Å². The molecule has 13 aromatic rings. The number of nitrogens with zero attached hydrogens (tertiary/aromatic N) is 2. The molecule has 3 nitrogen and oxygen atoms in total. The summed E-state index contributed by atoms with van der Waals surface area (Å²) in [5.41, 5.74) is 13.3. The normalized spacial score (nSPS) is 11.8. The molecule has 0 saturated carbocycles. The van der Waals surface area contributed by atoms with Crippen molar-refractivity contribution in [3.63, 3.8) is 0 Å². The van der Waals surface area contributed by atoms with Crippen LogP contribution in [-0.2, 0) is 0 Å². The summed E-state index contributed by atoms with van der Waals surface area (Å²) in [7, 11) is 0. The van der Waals surface area contributed by atoms with E-state index >= 15 is 0 Å². The van der Waals surface area contributed by atoms with E-state index in [2.05, 4.69) is 228 Å². The summed E-state index contributed by atoms with van der Waals surface area (Å²) in [6, 6.07) is 83.5. The van der Waals surface area contributed by atoms with E-state index in [1.54, 1.807) is 0 Å². The first-order valence-corrected chi connectivity index (χ1v) is 21.6. The van der Waals surface area contributed by atoms with Crippen LogP contribution < -0.4 is 4.90 Å². The molecule has 0 bridgehead atoms. The fraction of sp³-hybridized carbons (Fsp3) is 0. The van der Waals surface area contributed by atoms with Crippen LogP contribution in [-0.4, -0.2) is 4.57 Å². The maximum absolute atomic E-state index is 6.15. The van der Waals surface area contributed by atoms with Crippen molar-refractivity contribution >= 4 is 93.1 Å². The number of anilines is 3. The van der Waals surface area contributed by atoms with Gasteiger partial charge in [0.15, 0.2) is 0 Å². The van der Waals surface area contributed by atoms with Gasteiger partial charge in [-0.25, -0.2) is 0 Å². The van der Waals surface area contributed by atoms with Crippen molar-refractivity contribution in [3.05, 3.63) is 231 Å². The highest BCUT2D eigenvalue weighted by molar-refractivity contribution is 6.36. The SMILES string of the molecule is c1ccc(-c2ccc(N(c3ccc(-c4ccc5oc6ccccc6c5c4)cc3)c3ccc(-n4c5ccccc5c5c6c7ccccc7ccc6c6ccccc6c54)cc3)cc2)cc1. The van der Waals surface area contributed by atoms with Gasteiger partial charge in [0.05, 0.1) is 11.0 Å². The number of furan rings is 1. The maximum atomic E-state index is 6.15. The molecule has 13 rings (SSSR count). The van der Waals surface area contributed by atoms with Crippen LogP contribution in [0.5, 0.6) is 0 Å². The Morgan fingerprint density at radius 3 is 1.60 bits per heavy atom. The van der Waals surface area contributed by atoms with Gasteiger partial charge in [0.25, 0.3) is 0 Å². The van der Waals surface area contributed by atoms with Crippen LogP contribution in [0.15, 0.2) is 235 Å². The molecule has 0 spiro atoms. The molecular formula is C60H38N2O. The lowest BCUT2D eigenvalue weighted by molar-refractivity contribution is 0.669. The predicted molar refractivity (Wildman–Crippen MR) is 266 cm³/mol. The van der Waals surface area contributed by atoms with Crippen molar-refractivity contribution in [3.8, 4) is 27.9 Å². The quantitative estimate of drug-likeness (QED) is 0.156. The van der Waals surface area contributed by atoms with Gasteiger partial charge in [-0.05, 0) is 117 Å². The molecule has 0 radical (unpaired) electrons. The van der Waals surface area contributed by atoms with Crippen LogP contribution in [0, 0.1) is 0 Å². The number of fused-ring (bicyclic) bond motifs is 13. The summed E-state index contributed by atoms with van der Waals surface area (Å²) in [6.45, 7) is 0. The fourth-order valence-corrected chi connectivity index (χ4v) is 10.0. The topological polar surface area (TPSA) is 21.3 Å². The molecule has 0 atom stereocenters. The summed E-state index contributed by atoms with van der Waals surface area (Å²) >= 11 is 0. The van der Waals surface area contributed by atoms with E-state index in [9.17, 15) is 0 Å². The molecule has 0 amide bonds. The average molecular weight is 803 g/mol. The Hall–Kier alpha value is -8.40. The number of hydrogen-bond acceptors (Lipinski definition) is 2. The highest BCUT2D eigenvalue weighted by atomic mass is 16.3. The van der Waals surface area contributed by atoms with Gasteiger partial charge in [-0.15, -0.1) is 0 Å². The lowest BCUT2D eigenvalue weighted by Crippen LogP contribution is -2.10. The van der Waals surface area contributed by atoms with Gasteiger partial charge in [-0.2, -0.15) is 0 Å². The first-order chi connectivity index (χ1) is 31.2. The van der Waals surface area contributed by atoms with E-state index in [4.69, 9.17) is 4.42 Å². The van der Waals surface area contributed by atoms with E-state index in [-0.39, 0.29) is 0 Å². The van der Waals surface area contributed by atoms with Crippen LogP contribution in [0.3, 0.4) is 0 Å². The van der Waals surface area contributed by atoms with Crippen LogP contribution in [0.25, 0.3) is 104 Å². The van der Waals surface area contributed by atoms with Gasteiger partial charge in [-0.1, -0.05) is 158 Å². The Balaban J connectivity index is 0.966. The Kier molecular flexibility index (Phi) is 7.91. The number of hydrogen-bond donors (Lipinski definition) is 0. The molecule has 63 heavy (non-hydrogen) atoms. The van der Waals surface area contributed by atoms with E-state index < -0.39 is 0 Å². The Bertz CT molecular complexity index is 3880. The molecule has 3 heteroatoms.